The molecule has 0 fully saturated rings. The second-order valence-corrected chi connectivity index (χ2v) is 4.29. The Morgan fingerprint density at radius 3 is 3.20 bits per heavy atom. The van der Waals surface area contributed by atoms with Crippen LogP contribution in [0.5, 0.6) is 0 Å². The maximum Gasteiger partial charge on any atom is 0.253 e. The van der Waals surface area contributed by atoms with Crippen molar-refractivity contribution in [2.24, 2.45) is 11.7 Å². The van der Waals surface area contributed by atoms with Crippen molar-refractivity contribution in [3.63, 3.8) is 0 Å². The molecule has 0 aliphatic carbocycles. The van der Waals surface area contributed by atoms with Crippen molar-refractivity contribution in [1.29, 1.82) is 0 Å². The summed E-state index contributed by atoms with van der Waals surface area (Å²) in [6.07, 6.45) is 2.68. The van der Waals surface area contributed by atoms with Crippen molar-refractivity contribution in [2.75, 3.05) is 6.54 Å². The molecule has 4 heteroatoms. The van der Waals surface area contributed by atoms with Gasteiger partial charge < -0.3 is 5.73 Å². The Bertz CT molecular complexity index is 411. The molecule has 2 heterocycles. The molecule has 0 radical (unpaired) electrons. The summed E-state index contributed by atoms with van der Waals surface area (Å²) in [6, 6.07) is 1.62. The van der Waals surface area contributed by atoms with Crippen molar-refractivity contribution in [2.45, 2.75) is 32.7 Å². The third kappa shape index (κ3) is 2.09. The second kappa shape index (κ2) is 4.14. The van der Waals surface area contributed by atoms with Crippen LogP contribution < -0.4 is 11.3 Å². The smallest absolute Gasteiger partial charge is 0.253 e. The molecule has 2 rings (SSSR count). The average Bonchev–Trinajstić information content (AvgIpc) is 2.17. The summed E-state index contributed by atoms with van der Waals surface area (Å²) in [5.41, 5.74) is 6.38. The lowest BCUT2D eigenvalue weighted by atomic mass is 10.00. The van der Waals surface area contributed by atoms with Gasteiger partial charge in [-0.05, 0) is 18.9 Å². The highest BCUT2D eigenvalue weighted by atomic mass is 16.1. The molecule has 0 bridgehead atoms. The Hall–Kier alpha value is -1.16. The third-order valence-corrected chi connectivity index (χ3v) is 2.92. The number of nitrogens with two attached hydrogens (primary N) is 1. The zero-order valence-electron chi connectivity index (χ0n) is 9.07. The molecule has 0 saturated heterocycles. The van der Waals surface area contributed by atoms with Gasteiger partial charge in [-0.25, -0.2) is 4.98 Å². The Morgan fingerprint density at radius 2 is 2.47 bits per heavy atom. The van der Waals surface area contributed by atoms with Crippen molar-refractivity contribution < 1.29 is 0 Å². The lowest BCUT2D eigenvalue weighted by molar-refractivity contribution is 0.392. The maximum atomic E-state index is 11.7. The molecule has 15 heavy (non-hydrogen) atoms. The van der Waals surface area contributed by atoms with Crippen molar-refractivity contribution in [3.8, 4) is 0 Å². The zero-order chi connectivity index (χ0) is 10.8. The quantitative estimate of drug-likeness (QED) is 0.760. The number of aromatic nitrogens is 2. The first-order valence-electron chi connectivity index (χ1n) is 5.50. The van der Waals surface area contributed by atoms with Gasteiger partial charge in [0.05, 0.1) is 0 Å². The van der Waals surface area contributed by atoms with Gasteiger partial charge in [0.2, 0.25) is 0 Å². The molecule has 1 aliphatic rings. The molecule has 0 amide bonds. The summed E-state index contributed by atoms with van der Waals surface area (Å²) in [5.74, 6) is 1.56. The SMILES string of the molecule is CC1CCn2c(nc(CCN)cc2=O)C1. The van der Waals surface area contributed by atoms with Gasteiger partial charge in [-0.1, -0.05) is 6.92 Å². The fourth-order valence-corrected chi connectivity index (χ4v) is 2.04. The summed E-state index contributed by atoms with van der Waals surface area (Å²) >= 11 is 0. The largest absolute Gasteiger partial charge is 0.330 e. The van der Waals surface area contributed by atoms with Crippen molar-refractivity contribution in [3.05, 3.63) is 27.9 Å². The molecule has 1 atom stereocenters. The lowest BCUT2D eigenvalue weighted by Gasteiger charge is -2.22. The van der Waals surface area contributed by atoms with E-state index in [0.717, 1.165) is 30.9 Å². The van der Waals surface area contributed by atoms with Crippen LogP contribution in [0, 0.1) is 5.92 Å². The van der Waals surface area contributed by atoms with Crippen LogP contribution >= 0.6 is 0 Å². The number of rotatable bonds is 2. The van der Waals surface area contributed by atoms with E-state index in [9.17, 15) is 4.79 Å². The first-order valence-corrected chi connectivity index (χ1v) is 5.50. The molecular formula is C11H17N3O. The summed E-state index contributed by atoms with van der Waals surface area (Å²) < 4.78 is 1.79. The Kier molecular flexibility index (Phi) is 2.86. The minimum Gasteiger partial charge on any atom is -0.330 e. The van der Waals surface area contributed by atoms with E-state index in [1.54, 1.807) is 10.6 Å². The standard InChI is InChI=1S/C11H17N3O/c1-8-3-5-14-10(6-8)13-9(2-4-12)7-11(14)15/h7-8H,2-6,12H2,1H3. The molecule has 0 spiro atoms. The molecule has 0 saturated carbocycles. The van der Waals surface area contributed by atoms with E-state index in [1.165, 1.54) is 0 Å². The fourth-order valence-electron chi connectivity index (χ4n) is 2.04. The number of fused-ring (bicyclic) bond motifs is 1. The molecule has 82 valence electrons. The van der Waals surface area contributed by atoms with E-state index < -0.39 is 0 Å². The van der Waals surface area contributed by atoms with Crippen LogP contribution in [-0.4, -0.2) is 16.1 Å². The molecule has 1 unspecified atom stereocenters. The van der Waals surface area contributed by atoms with E-state index in [1.807, 2.05) is 0 Å². The van der Waals surface area contributed by atoms with Crippen LogP contribution in [0.15, 0.2) is 10.9 Å². The van der Waals surface area contributed by atoms with Gasteiger partial charge in [0, 0.05) is 31.1 Å². The Balaban J connectivity index is 2.40. The van der Waals surface area contributed by atoms with E-state index in [-0.39, 0.29) is 5.56 Å². The van der Waals surface area contributed by atoms with Gasteiger partial charge >= 0.3 is 0 Å². The highest BCUT2D eigenvalue weighted by Crippen LogP contribution is 2.16. The predicted octanol–water partition coefficient (Wildman–Crippen LogP) is 0.327. The van der Waals surface area contributed by atoms with Gasteiger partial charge in [-0.15, -0.1) is 0 Å². The molecule has 1 aromatic heterocycles. The molecule has 1 aliphatic heterocycles. The van der Waals surface area contributed by atoms with Gasteiger partial charge in [0.1, 0.15) is 5.82 Å². The number of hydrogen-bond donors (Lipinski definition) is 1. The summed E-state index contributed by atoms with van der Waals surface area (Å²) in [5, 5.41) is 0. The summed E-state index contributed by atoms with van der Waals surface area (Å²) in [4.78, 5) is 16.2. The predicted molar refractivity (Wildman–Crippen MR) is 58.7 cm³/mol. The van der Waals surface area contributed by atoms with E-state index in [0.29, 0.717) is 18.9 Å². The zero-order valence-corrected chi connectivity index (χ0v) is 9.07. The minimum absolute atomic E-state index is 0.0790. The van der Waals surface area contributed by atoms with Crippen molar-refractivity contribution >= 4 is 0 Å². The topological polar surface area (TPSA) is 60.9 Å². The molecular weight excluding hydrogens is 190 g/mol. The first kappa shape index (κ1) is 10.4. The van der Waals surface area contributed by atoms with Gasteiger partial charge in [0.15, 0.2) is 0 Å². The van der Waals surface area contributed by atoms with Crippen LogP contribution in [0.1, 0.15) is 24.9 Å². The molecule has 0 aromatic carbocycles. The van der Waals surface area contributed by atoms with Crippen LogP contribution in [0.2, 0.25) is 0 Å². The van der Waals surface area contributed by atoms with Crippen LogP contribution in [-0.2, 0) is 19.4 Å². The third-order valence-electron chi connectivity index (χ3n) is 2.92. The molecule has 2 N–H and O–H groups in total. The summed E-state index contributed by atoms with van der Waals surface area (Å²) in [6.45, 7) is 3.56. The highest BCUT2D eigenvalue weighted by molar-refractivity contribution is 5.07. The van der Waals surface area contributed by atoms with Crippen LogP contribution in [0.3, 0.4) is 0 Å². The molecule has 4 nitrogen and oxygen atoms in total. The Morgan fingerprint density at radius 1 is 1.67 bits per heavy atom. The van der Waals surface area contributed by atoms with Crippen LogP contribution in [0.25, 0.3) is 0 Å². The molecule has 1 aromatic rings. The van der Waals surface area contributed by atoms with E-state index in [2.05, 4.69) is 11.9 Å². The fraction of sp³-hybridized carbons (Fsp3) is 0.636. The Labute approximate surface area is 89.1 Å². The minimum atomic E-state index is 0.0790. The average molecular weight is 207 g/mol. The van der Waals surface area contributed by atoms with Crippen molar-refractivity contribution in [1.82, 2.24) is 9.55 Å². The van der Waals surface area contributed by atoms with E-state index >= 15 is 0 Å². The van der Waals surface area contributed by atoms with Gasteiger partial charge in [0.25, 0.3) is 5.56 Å². The lowest BCUT2D eigenvalue weighted by Crippen LogP contribution is -2.31. The van der Waals surface area contributed by atoms with Crippen LogP contribution in [0.4, 0.5) is 0 Å². The number of hydrogen-bond acceptors (Lipinski definition) is 3. The monoisotopic (exact) mass is 207 g/mol. The normalized spacial score (nSPS) is 20.0. The van der Waals surface area contributed by atoms with E-state index in [4.69, 9.17) is 5.73 Å². The second-order valence-electron chi connectivity index (χ2n) is 4.29. The number of nitrogens with zero attached hydrogens (tertiary/aromatic N) is 2. The first-order chi connectivity index (χ1) is 7.20. The highest BCUT2D eigenvalue weighted by Gasteiger charge is 2.17. The van der Waals surface area contributed by atoms with Gasteiger partial charge in [-0.2, -0.15) is 0 Å². The van der Waals surface area contributed by atoms with Gasteiger partial charge in [-0.3, -0.25) is 9.36 Å². The maximum absolute atomic E-state index is 11.7. The summed E-state index contributed by atoms with van der Waals surface area (Å²) in [7, 11) is 0.